The molecular weight excluding hydrogens is 358 g/mol. The van der Waals surface area contributed by atoms with Crippen molar-refractivity contribution >= 4 is 33.8 Å². The number of aromatic nitrogens is 2. The lowest BCUT2D eigenvalue weighted by atomic mass is 9.98. The van der Waals surface area contributed by atoms with Gasteiger partial charge in [-0.05, 0) is 30.9 Å². The van der Waals surface area contributed by atoms with Gasteiger partial charge in [0.15, 0.2) is 4.96 Å². The van der Waals surface area contributed by atoms with E-state index in [0.717, 1.165) is 29.1 Å². The van der Waals surface area contributed by atoms with E-state index in [9.17, 15) is 9.90 Å². The van der Waals surface area contributed by atoms with Gasteiger partial charge in [0.25, 0.3) is 5.91 Å². The number of benzene rings is 1. The molecular formula is C18H18ClN3O2S. The Balaban J connectivity index is 1.61. The van der Waals surface area contributed by atoms with Crippen LogP contribution in [0.4, 0.5) is 0 Å². The Bertz CT molecular complexity index is 912. The molecule has 0 unspecified atom stereocenters. The zero-order chi connectivity index (χ0) is 17.4. The second-order valence-corrected chi connectivity index (χ2v) is 7.60. The van der Waals surface area contributed by atoms with Crippen LogP contribution in [-0.4, -0.2) is 45.0 Å². The maximum absolute atomic E-state index is 12.9. The highest BCUT2D eigenvalue weighted by Gasteiger charge is 2.25. The van der Waals surface area contributed by atoms with Crippen molar-refractivity contribution in [3.05, 3.63) is 46.6 Å². The summed E-state index contributed by atoms with van der Waals surface area (Å²) in [5.41, 5.74) is 2.39. The summed E-state index contributed by atoms with van der Waals surface area (Å²) in [6.07, 6.45) is 3.60. The molecule has 0 aliphatic carbocycles. The first kappa shape index (κ1) is 16.6. The van der Waals surface area contributed by atoms with Crippen LogP contribution in [0.25, 0.3) is 16.2 Å². The van der Waals surface area contributed by atoms with E-state index in [1.807, 2.05) is 45.1 Å². The van der Waals surface area contributed by atoms with Crippen molar-refractivity contribution in [1.82, 2.24) is 14.3 Å². The molecule has 1 aromatic carbocycles. The molecule has 3 heterocycles. The fraction of sp³-hybridized carbons (Fsp3) is 0.333. The van der Waals surface area contributed by atoms with Gasteiger partial charge in [-0.1, -0.05) is 23.7 Å². The quantitative estimate of drug-likeness (QED) is 0.761. The number of piperidine rings is 1. The van der Waals surface area contributed by atoms with Gasteiger partial charge >= 0.3 is 0 Å². The van der Waals surface area contributed by atoms with Crippen molar-refractivity contribution in [2.75, 3.05) is 19.7 Å². The summed E-state index contributed by atoms with van der Waals surface area (Å²) in [4.78, 5) is 20.1. The van der Waals surface area contributed by atoms with Crippen LogP contribution >= 0.6 is 22.9 Å². The molecule has 1 amide bonds. The van der Waals surface area contributed by atoms with Gasteiger partial charge in [0.2, 0.25) is 0 Å². The van der Waals surface area contributed by atoms with Crippen LogP contribution in [-0.2, 0) is 0 Å². The Hall–Kier alpha value is -1.89. The maximum Gasteiger partial charge on any atom is 0.271 e. The number of halogens is 1. The second kappa shape index (κ2) is 6.78. The molecule has 1 aliphatic rings. The topological polar surface area (TPSA) is 57.8 Å². The van der Waals surface area contributed by atoms with E-state index in [1.54, 1.807) is 0 Å². The normalized spacial score (nSPS) is 15.8. The molecule has 0 bridgehead atoms. The lowest BCUT2D eigenvalue weighted by Gasteiger charge is -2.30. The highest BCUT2D eigenvalue weighted by Crippen LogP contribution is 2.27. The lowest BCUT2D eigenvalue weighted by molar-refractivity contribution is 0.0644. The first-order valence-electron chi connectivity index (χ1n) is 8.28. The Labute approximate surface area is 154 Å². The number of aliphatic hydroxyl groups excluding tert-OH is 1. The maximum atomic E-state index is 12.9. The predicted octanol–water partition coefficient (Wildman–Crippen LogP) is 3.56. The molecule has 1 fully saturated rings. The number of likely N-dealkylation sites (tertiary alicyclic amines) is 1. The summed E-state index contributed by atoms with van der Waals surface area (Å²) in [5.74, 6) is 0.340. The predicted molar refractivity (Wildman–Crippen MR) is 99.2 cm³/mol. The van der Waals surface area contributed by atoms with Crippen LogP contribution in [0, 0.1) is 5.92 Å². The highest BCUT2D eigenvalue weighted by atomic mass is 35.5. The van der Waals surface area contributed by atoms with Crippen molar-refractivity contribution in [2.45, 2.75) is 12.8 Å². The molecule has 1 saturated heterocycles. The lowest BCUT2D eigenvalue weighted by Crippen LogP contribution is -2.39. The third-order valence-electron chi connectivity index (χ3n) is 4.71. The molecule has 3 aromatic rings. The standard InChI is InChI=1S/C18H18ClN3O2S/c19-14-3-1-2-13(8-14)15-9-22-16(11-25-18(22)20-15)17(24)21-6-4-12(10-23)5-7-21/h1-3,8-9,11-12,23H,4-7,10H2. The summed E-state index contributed by atoms with van der Waals surface area (Å²) in [6, 6.07) is 7.55. The average Bonchev–Trinajstić information content (AvgIpc) is 3.22. The number of aliphatic hydroxyl groups is 1. The molecule has 0 atom stereocenters. The minimum atomic E-state index is 0.0256. The smallest absolute Gasteiger partial charge is 0.271 e. The van der Waals surface area contributed by atoms with Crippen molar-refractivity contribution < 1.29 is 9.90 Å². The number of thiazole rings is 1. The number of fused-ring (bicyclic) bond motifs is 1. The van der Waals surface area contributed by atoms with Crippen LogP contribution in [0.1, 0.15) is 23.3 Å². The minimum absolute atomic E-state index is 0.0256. The molecule has 1 N–H and O–H groups in total. The zero-order valence-corrected chi connectivity index (χ0v) is 15.1. The molecule has 5 nitrogen and oxygen atoms in total. The van der Waals surface area contributed by atoms with Gasteiger partial charge in [0.1, 0.15) is 5.69 Å². The second-order valence-electron chi connectivity index (χ2n) is 6.33. The number of hydrogen-bond acceptors (Lipinski definition) is 4. The van der Waals surface area contributed by atoms with Crippen LogP contribution < -0.4 is 0 Å². The molecule has 7 heteroatoms. The monoisotopic (exact) mass is 375 g/mol. The van der Waals surface area contributed by atoms with Gasteiger partial charge in [-0.25, -0.2) is 4.98 Å². The summed E-state index contributed by atoms with van der Waals surface area (Å²) < 4.78 is 1.86. The Morgan fingerprint density at radius 2 is 2.16 bits per heavy atom. The summed E-state index contributed by atoms with van der Waals surface area (Å²) in [6.45, 7) is 1.59. The van der Waals surface area contributed by atoms with Gasteiger partial charge in [0, 0.05) is 41.9 Å². The van der Waals surface area contributed by atoms with E-state index in [4.69, 9.17) is 11.6 Å². The molecule has 4 rings (SSSR count). The summed E-state index contributed by atoms with van der Waals surface area (Å²) >= 11 is 7.53. The van der Waals surface area contributed by atoms with Crippen molar-refractivity contribution in [3.63, 3.8) is 0 Å². The molecule has 130 valence electrons. The molecule has 25 heavy (non-hydrogen) atoms. The largest absolute Gasteiger partial charge is 0.396 e. The van der Waals surface area contributed by atoms with Gasteiger partial charge in [-0.3, -0.25) is 9.20 Å². The molecule has 0 spiro atoms. The third kappa shape index (κ3) is 3.17. The van der Waals surface area contributed by atoms with E-state index >= 15 is 0 Å². The third-order valence-corrected chi connectivity index (χ3v) is 5.78. The number of imidazole rings is 1. The molecule has 0 saturated carbocycles. The SMILES string of the molecule is O=C(c1csc2nc(-c3cccc(Cl)c3)cn12)N1CCC(CO)CC1. The van der Waals surface area contributed by atoms with Gasteiger partial charge in [-0.15, -0.1) is 11.3 Å². The van der Waals surface area contributed by atoms with Crippen LogP contribution in [0.3, 0.4) is 0 Å². The fourth-order valence-electron chi connectivity index (χ4n) is 3.21. The fourth-order valence-corrected chi connectivity index (χ4v) is 4.24. The van der Waals surface area contributed by atoms with Gasteiger partial charge in [0.05, 0.1) is 5.69 Å². The number of carbonyl (C=O) groups is 1. The summed E-state index contributed by atoms with van der Waals surface area (Å²) in [5, 5.41) is 11.8. The average molecular weight is 376 g/mol. The molecule has 1 aliphatic heterocycles. The van der Waals surface area contributed by atoms with Crippen LogP contribution in [0.2, 0.25) is 5.02 Å². The number of nitrogens with zero attached hydrogens (tertiary/aromatic N) is 3. The Morgan fingerprint density at radius 3 is 2.88 bits per heavy atom. The van der Waals surface area contributed by atoms with Gasteiger partial charge < -0.3 is 10.0 Å². The van der Waals surface area contributed by atoms with E-state index < -0.39 is 0 Å². The molecule has 2 aromatic heterocycles. The number of carbonyl (C=O) groups excluding carboxylic acids is 1. The van der Waals surface area contributed by atoms with Crippen molar-refractivity contribution in [1.29, 1.82) is 0 Å². The van der Waals surface area contributed by atoms with Crippen molar-refractivity contribution in [2.24, 2.45) is 5.92 Å². The first-order valence-corrected chi connectivity index (χ1v) is 9.54. The van der Waals surface area contributed by atoms with E-state index in [-0.39, 0.29) is 12.5 Å². The highest BCUT2D eigenvalue weighted by molar-refractivity contribution is 7.15. The minimum Gasteiger partial charge on any atom is -0.396 e. The first-order chi connectivity index (χ1) is 12.2. The van der Waals surface area contributed by atoms with E-state index in [2.05, 4.69) is 4.98 Å². The Morgan fingerprint density at radius 1 is 1.36 bits per heavy atom. The van der Waals surface area contributed by atoms with Crippen LogP contribution in [0.5, 0.6) is 0 Å². The van der Waals surface area contributed by atoms with Crippen LogP contribution in [0.15, 0.2) is 35.8 Å². The number of amides is 1. The summed E-state index contributed by atoms with van der Waals surface area (Å²) in [7, 11) is 0. The number of hydrogen-bond donors (Lipinski definition) is 1. The van der Waals surface area contributed by atoms with Crippen molar-refractivity contribution in [3.8, 4) is 11.3 Å². The van der Waals surface area contributed by atoms with Gasteiger partial charge in [-0.2, -0.15) is 0 Å². The Kier molecular flexibility index (Phi) is 4.50. The van der Waals surface area contributed by atoms with E-state index in [0.29, 0.717) is 29.7 Å². The number of rotatable bonds is 3. The molecule has 0 radical (unpaired) electrons. The zero-order valence-electron chi connectivity index (χ0n) is 13.6. The van der Waals surface area contributed by atoms with E-state index in [1.165, 1.54) is 11.3 Å².